The fourth-order valence-electron chi connectivity index (χ4n) is 3.58. The summed E-state index contributed by atoms with van der Waals surface area (Å²) in [5, 5.41) is 0. The summed E-state index contributed by atoms with van der Waals surface area (Å²) in [5.41, 5.74) is 0.359. The molecule has 1 amide bonds. The maximum atomic E-state index is 12.5. The molecule has 0 bridgehead atoms. The fourth-order valence-corrected chi connectivity index (χ4v) is 3.58. The zero-order valence-corrected chi connectivity index (χ0v) is 13.7. The van der Waals surface area contributed by atoms with Gasteiger partial charge in [0.15, 0.2) is 5.78 Å². The molecule has 0 aromatic rings. The number of amides is 1. The number of likely N-dealkylation sites (N-methyl/N-ethyl adjacent to an activating group) is 1. The maximum absolute atomic E-state index is 12.5. The van der Waals surface area contributed by atoms with Crippen LogP contribution in [0.4, 0.5) is 4.79 Å². The van der Waals surface area contributed by atoms with E-state index in [9.17, 15) is 14.4 Å². The molecule has 0 radical (unpaired) electrons. The molecule has 1 heterocycles. The van der Waals surface area contributed by atoms with E-state index in [1.807, 2.05) is 6.92 Å². The number of likely N-dealkylation sites (tertiary alicyclic amines) is 1. The number of carbonyl (C=O) groups excluding carboxylic acids is 3. The van der Waals surface area contributed by atoms with E-state index >= 15 is 0 Å². The van der Waals surface area contributed by atoms with Gasteiger partial charge < -0.3 is 14.4 Å². The number of piperidine rings is 1. The van der Waals surface area contributed by atoms with Crippen LogP contribution in [0.15, 0.2) is 24.3 Å². The molecule has 126 valence electrons. The molecule has 0 N–H and O–H groups in total. The van der Waals surface area contributed by atoms with E-state index in [0.717, 1.165) is 5.57 Å². The Morgan fingerprint density at radius 2 is 2.13 bits per heavy atom. The van der Waals surface area contributed by atoms with E-state index in [-0.39, 0.29) is 24.9 Å². The Morgan fingerprint density at radius 1 is 1.39 bits per heavy atom. The zero-order valence-electron chi connectivity index (χ0n) is 13.7. The van der Waals surface area contributed by atoms with Crippen LogP contribution in [0.3, 0.4) is 0 Å². The van der Waals surface area contributed by atoms with Crippen molar-refractivity contribution in [1.29, 1.82) is 0 Å². The summed E-state index contributed by atoms with van der Waals surface area (Å²) in [6.07, 6.45) is 3.75. The van der Waals surface area contributed by atoms with Crippen molar-refractivity contribution in [3.05, 3.63) is 24.3 Å². The Bertz CT molecular complexity index is 553. The first-order chi connectivity index (χ1) is 11.0. The van der Waals surface area contributed by atoms with Crippen LogP contribution in [-0.2, 0) is 19.1 Å². The molecule has 0 aromatic heterocycles. The Morgan fingerprint density at radius 3 is 2.74 bits per heavy atom. The molecule has 1 aliphatic carbocycles. The number of fused-ring (bicyclic) bond motifs is 1. The van der Waals surface area contributed by atoms with Crippen molar-refractivity contribution in [2.24, 2.45) is 5.41 Å². The predicted molar refractivity (Wildman–Crippen MR) is 83.7 cm³/mol. The normalized spacial score (nSPS) is 26.6. The second-order valence-corrected chi connectivity index (χ2v) is 5.88. The van der Waals surface area contributed by atoms with Crippen LogP contribution < -0.4 is 0 Å². The van der Waals surface area contributed by atoms with Crippen molar-refractivity contribution in [2.75, 3.05) is 19.8 Å². The van der Waals surface area contributed by atoms with E-state index in [1.165, 1.54) is 0 Å². The molecular formula is C17H23NO5. The second kappa shape index (κ2) is 6.98. The smallest absolute Gasteiger partial charge is 0.435 e. The molecule has 2 atom stereocenters. The summed E-state index contributed by atoms with van der Waals surface area (Å²) < 4.78 is 9.90. The van der Waals surface area contributed by atoms with Crippen molar-refractivity contribution in [3.8, 4) is 0 Å². The van der Waals surface area contributed by atoms with Gasteiger partial charge in [0.05, 0.1) is 12.6 Å². The van der Waals surface area contributed by atoms with Gasteiger partial charge in [-0.3, -0.25) is 9.59 Å². The molecule has 0 spiro atoms. The lowest BCUT2D eigenvalue weighted by molar-refractivity contribution is -0.139. The first-order valence-corrected chi connectivity index (χ1v) is 7.92. The summed E-state index contributed by atoms with van der Waals surface area (Å²) in [4.78, 5) is 37.7. The summed E-state index contributed by atoms with van der Waals surface area (Å²) in [6, 6.07) is -0.419. The third-order valence-electron chi connectivity index (χ3n) is 4.48. The van der Waals surface area contributed by atoms with Crippen molar-refractivity contribution >= 4 is 17.8 Å². The lowest BCUT2D eigenvalue weighted by atomic mass is 9.69. The van der Waals surface area contributed by atoms with E-state index in [2.05, 4.69) is 6.58 Å². The van der Waals surface area contributed by atoms with E-state index in [0.29, 0.717) is 25.8 Å². The van der Waals surface area contributed by atoms with Gasteiger partial charge in [-0.2, -0.15) is 0 Å². The fraction of sp³-hybridized carbons (Fsp3) is 0.588. The van der Waals surface area contributed by atoms with Gasteiger partial charge in [-0.05, 0) is 31.9 Å². The molecule has 1 saturated heterocycles. The molecular weight excluding hydrogens is 298 g/mol. The SMILES string of the molecule is C=CCC12CC(=O)C=C1C(COC(=O)OCC)N(CC)C(=O)C2. The van der Waals surface area contributed by atoms with Crippen LogP contribution in [0.2, 0.25) is 0 Å². The lowest BCUT2D eigenvalue weighted by Gasteiger charge is -2.45. The van der Waals surface area contributed by atoms with Gasteiger partial charge in [0, 0.05) is 24.8 Å². The number of rotatable bonds is 6. The quantitative estimate of drug-likeness (QED) is 0.554. The second-order valence-electron chi connectivity index (χ2n) is 5.88. The predicted octanol–water partition coefficient (Wildman–Crippen LogP) is 2.24. The number of hydrogen-bond donors (Lipinski definition) is 0. The Kier molecular flexibility index (Phi) is 5.23. The van der Waals surface area contributed by atoms with E-state index in [4.69, 9.17) is 9.47 Å². The minimum absolute atomic E-state index is 0.00355. The van der Waals surface area contributed by atoms with Crippen LogP contribution in [0, 0.1) is 5.41 Å². The van der Waals surface area contributed by atoms with Crippen LogP contribution in [0.5, 0.6) is 0 Å². The van der Waals surface area contributed by atoms with Crippen molar-refractivity contribution in [2.45, 2.75) is 39.2 Å². The topological polar surface area (TPSA) is 72.9 Å². The summed E-state index contributed by atoms with van der Waals surface area (Å²) >= 11 is 0. The molecule has 1 fully saturated rings. The maximum Gasteiger partial charge on any atom is 0.508 e. The number of nitrogens with zero attached hydrogens (tertiary/aromatic N) is 1. The van der Waals surface area contributed by atoms with Crippen molar-refractivity contribution in [3.63, 3.8) is 0 Å². The lowest BCUT2D eigenvalue weighted by Crippen LogP contribution is -2.53. The average molecular weight is 321 g/mol. The highest BCUT2D eigenvalue weighted by Crippen LogP contribution is 2.49. The van der Waals surface area contributed by atoms with Gasteiger partial charge in [-0.25, -0.2) is 4.79 Å². The van der Waals surface area contributed by atoms with Gasteiger partial charge in [-0.1, -0.05) is 6.08 Å². The zero-order chi connectivity index (χ0) is 17.0. The highest BCUT2D eigenvalue weighted by Gasteiger charge is 2.51. The largest absolute Gasteiger partial charge is 0.508 e. The molecule has 6 nitrogen and oxygen atoms in total. The Hall–Kier alpha value is -2.11. The molecule has 2 aliphatic rings. The van der Waals surface area contributed by atoms with Gasteiger partial charge >= 0.3 is 6.16 Å². The standard InChI is InChI=1S/C17H23NO5/c1-4-7-17-9-12(19)8-13(17)14(11-23-16(21)22-6-3)18(5-2)15(20)10-17/h4,8,14H,1,5-7,9-11H2,2-3H3. The molecule has 2 unspecified atom stereocenters. The highest BCUT2D eigenvalue weighted by molar-refractivity contribution is 5.97. The molecule has 6 heteroatoms. The summed E-state index contributed by atoms with van der Waals surface area (Å²) in [5.74, 6) is -0.0209. The first kappa shape index (κ1) is 17.2. The van der Waals surface area contributed by atoms with E-state index < -0.39 is 17.6 Å². The summed E-state index contributed by atoms with van der Waals surface area (Å²) in [6.45, 7) is 8.03. The number of carbonyl (C=O) groups is 3. The number of allylic oxidation sites excluding steroid dienone is 2. The average Bonchev–Trinajstić information content (AvgIpc) is 2.80. The third-order valence-corrected chi connectivity index (χ3v) is 4.48. The molecule has 1 aliphatic heterocycles. The number of hydrogen-bond acceptors (Lipinski definition) is 5. The van der Waals surface area contributed by atoms with Gasteiger partial charge in [0.2, 0.25) is 5.91 Å². The number of ketones is 1. The molecule has 0 saturated carbocycles. The molecule has 23 heavy (non-hydrogen) atoms. The van der Waals surface area contributed by atoms with Gasteiger partial charge in [0.25, 0.3) is 0 Å². The van der Waals surface area contributed by atoms with Crippen LogP contribution in [0.1, 0.15) is 33.1 Å². The highest BCUT2D eigenvalue weighted by atomic mass is 16.7. The minimum Gasteiger partial charge on any atom is -0.435 e. The van der Waals surface area contributed by atoms with Crippen LogP contribution >= 0.6 is 0 Å². The first-order valence-electron chi connectivity index (χ1n) is 7.92. The van der Waals surface area contributed by atoms with Gasteiger partial charge in [0.1, 0.15) is 6.61 Å². The van der Waals surface area contributed by atoms with Crippen LogP contribution in [0.25, 0.3) is 0 Å². The number of ether oxygens (including phenoxy) is 2. The Labute approximate surface area is 136 Å². The van der Waals surface area contributed by atoms with E-state index in [1.54, 1.807) is 24.0 Å². The molecule has 2 rings (SSSR count). The summed E-state index contributed by atoms with van der Waals surface area (Å²) in [7, 11) is 0. The van der Waals surface area contributed by atoms with Gasteiger partial charge in [-0.15, -0.1) is 6.58 Å². The molecule has 0 aromatic carbocycles. The monoisotopic (exact) mass is 321 g/mol. The Balaban J connectivity index is 2.28. The third kappa shape index (κ3) is 3.30. The minimum atomic E-state index is -0.763. The van der Waals surface area contributed by atoms with Crippen molar-refractivity contribution < 1.29 is 23.9 Å². The van der Waals surface area contributed by atoms with Crippen molar-refractivity contribution in [1.82, 2.24) is 4.90 Å². The van der Waals surface area contributed by atoms with Crippen LogP contribution in [-0.4, -0.2) is 48.5 Å².